The predicted molar refractivity (Wildman–Crippen MR) is 76.2 cm³/mol. The lowest BCUT2D eigenvalue weighted by Gasteiger charge is -2.07. The summed E-state index contributed by atoms with van der Waals surface area (Å²) in [6.45, 7) is 0. The Kier molecular flexibility index (Phi) is 3.24. The highest BCUT2D eigenvalue weighted by atomic mass is 16.5. The summed E-state index contributed by atoms with van der Waals surface area (Å²) in [5.41, 5.74) is 6.69. The second-order valence-electron chi connectivity index (χ2n) is 4.11. The minimum absolute atomic E-state index is 0.359. The number of rotatable bonds is 3. The molecule has 3 rings (SSSR count). The van der Waals surface area contributed by atoms with Crippen molar-refractivity contribution in [3.8, 4) is 23.0 Å². The van der Waals surface area contributed by atoms with Gasteiger partial charge >= 0.3 is 0 Å². The van der Waals surface area contributed by atoms with Crippen molar-refractivity contribution in [2.24, 2.45) is 0 Å². The quantitative estimate of drug-likeness (QED) is 0.787. The van der Waals surface area contributed by atoms with Gasteiger partial charge in [0.05, 0.1) is 6.20 Å². The van der Waals surface area contributed by atoms with Gasteiger partial charge in [0.1, 0.15) is 11.6 Å². The van der Waals surface area contributed by atoms with Crippen LogP contribution in [0.1, 0.15) is 0 Å². The molecule has 0 saturated carbocycles. The van der Waals surface area contributed by atoms with E-state index < -0.39 is 0 Å². The second kappa shape index (κ2) is 5.36. The van der Waals surface area contributed by atoms with Crippen molar-refractivity contribution in [1.29, 1.82) is 0 Å². The highest BCUT2D eigenvalue weighted by molar-refractivity contribution is 5.57. The Morgan fingerprint density at radius 1 is 0.950 bits per heavy atom. The number of benzene rings is 1. The number of pyridine rings is 1. The molecule has 0 saturated heterocycles. The molecule has 0 aliphatic rings. The number of nitrogens with zero attached hydrogens (tertiary/aromatic N) is 3. The van der Waals surface area contributed by atoms with Crippen LogP contribution in [0.2, 0.25) is 0 Å². The number of aromatic nitrogens is 3. The van der Waals surface area contributed by atoms with Crippen LogP contribution in [0.25, 0.3) is 11.4 Å². The normalized spacial score (nSPS) is 10.2. The molecule has 2 aromatic heterocycles. The fourth-order valence-corrected chi connectivity index (χ4v) is 1.74. The van der Waals surface area contributed by atoms with Crippen molar-refractivity contribution in [1.82, 2.24) is 15.0 Å². The summed E-state index contributed by atoms with van der Waals surface area (Å²) in [4.78, 5) is 12.6. The number of nitrogens with two attached hydrogens (primary N) is 1. The summed E-state index contributed by atoms with van der Waals surface area (Å²) >= 11 is 0. The van der Waals surface area contributed by atoms with Crippen LogP contribution in [0.15, 0.2) is 60.9 Å². The van der Waals surface area contributed by atoms with E-state index in [9.17, 15) is 0 Å². The van der Waals surface area contributed by atoms with E-state index in [1.54, 1.807) is 30.6 Å². The Balaban J connectivity index is 1.95. The van der Waals surface area contributed by atoms with Gasteiger partial charge in [0, 0.05) is 17.8 Å². The first-order valence-corrected chi connectivity index (χ1v) is 6.09. The molecule has 0 aliphatic heterocycles. The van der Waals surface area contributed by atoms with Gasteiger partial charge in [0.25, 0.3) is 0 Å². The third-order valence-electron chi connectivity index (χ3n) is 2.61. The first-order valence-electron chi connectivity index (χ1n) is 6.09. The topological polar surface area (TPSA) is 73.9 Å². The minimum Gasteiger partial charge on any atom is -0.437 e. The molecule has 0 unspecified atom stereocenters. The van der Waals surface area contributed by atoms with Gasteiger partial charge in [-0.05, 0) is 12.1 Å². The Hall–Kier alpha value is -2.95. The highest BCUT2D eigenvalue weighted by Crippen LogP contribution is 2.23. The lowest BCUT2D eigenvalue weighted by Crippen LogP contribution is -1.98. The third kappa shape index (κ3) is 2.72. The van der Waals surface area contributed by atoms with Crippen LogP contribution in [0.5, 0.6) is 11.6 Å². The fourth-order valence-electron chi connectivity index (χ4n) is 1.74. The van der Waals surface area contributed by atoms with Crippen molar-refractivity contribution >= 4 is 5.82 Å². The summed E-state index contributed by atoms with van der Waals surface area (Å²) in [6, 6.07) is 14.8. The van der Waals surface area contributed by atoms with E-state index in [0.717, 1.165) is 5.56 Å². The summed E-state index contributed by atoms with van der Waals surface area (Å²) in [6.07, 6.45) is 3.29. The van der Waals surface area contributed by atoms with E-state index in [-0.39, 0.29) is 0 Å². The van der Waals surface area contributed by atoms with Crippen LogP contribution in [0.4, 0.5) is 5.82 Å². The molecule has 0 spiro atoms. The van der Waals surface area contributed by atoms with Crippen LogP contribution < -0.4 is 10.5 Å². The Morgan fingerprint density at radius 3 is 2.55 bits per heavy atom. The maximum atomic E-state index is 5.80. The van der Waals surface area contributed by atoms with Crippen molar-refractivity contribution in [2.75, 3.05) is 5.73 Å². The van der Waals surface area contributed by atoms with E-state index in [0.29, 0.717) is 23.3 Å². The third-order valence-corrected chi connectivity index (χ3v) is 2.61. The SMILES string of the molecule is Nc1cc(Oc2cccnc2)nc(-c2ccccc2)n1. The maximum absolute atomic E-state index is 5.80. The van der Waals surface area contributed by atoms with Gasteiger partial charge in [0.15, 0.2) is 5.82 Å². The summed E-state index contributed by atoms with van der Waals surface area (Å²) in [5.74, 6) is 1.89. The van der Waals surface area contributed by atoms with Gasteiger partial charge in [-0.2, -0.15) is 4.98 Å². The maximum Gasteiger partial charge on any atom is 0.225 e. The molecular formula is C15H12N4O. The molecule has 0 amide bonds. The first-order chi connectivity index (χ1) is 9.81. The molecule has 0 fully saturated rings. The van der Waals surface area contributed by atoms with E-state index >= 15 is 0 Å². The lowest BCUT2D eigenvalue weighted by molar-refractivity contribution is 0.460. The van der Waals surface area contributed by atoms with Crippen LogP contribution in [0, 0.1) is 0 Å². The van der Waals surface area contributed by atoms with Crippen molar-refractivity contribution < 1.29 is 4.74 Å². The van der Waals surface area contributed by atoms with Crippen molar-refractivity contribution in [3.63, 3.8) is 0 Å². The summed E-state index contributed by atoms with van der Waals surface area (Å²) in [7, 11) is 0. The minimum atomic E-state index is 0.359. The molecule has 0 bridgehead atoms. The van der Waals surface area contributed by atoms with E-state index in [1.165, 1.54) is 0 Å². The zero-order valence-corrected chi connectivity index (χ0v) is 10.6. The molecule has 2 heterocycles. The lowest BCUT2D eigenvalue weighted by atomic mass is 10.2. The smallest absolute Gasteiger partial charge is 0.225 e. The number of hydrogen-bond acceptors (Lipinski definition) is 5. The van der Waals surface area contributed by atoms with Crippen molar-refractivity contribution in [3.05, 3.63) is 60.9 Å². The zero-order valence-electron chi connectivity index (χ0n) is 10.6. The average molecular weight is 264 g/mol. The molecule has 0 radical (unpaired) electrons. The van der Waals surface area contributed by atoms with Gasteiger partial charge in [0.2, 0.25) is 5.88 Å². The van der Waals surface area contributed by atoms with Gasteiger partial charge in [-0.15, -0.1) is 0 Å². The Morgan fingerprint density at radius 2 is 1.80 bits per heavy atom. The fraction of sp³-hybridized carbons (Fsp3) is 0. The van der Waals surface area contributed by atoms with Gasteiger partial charge in [-0.1, -0.05) is 30.3 Å². The van der Waals surface area contributed by atoms with Crippen LogP contribution in [-0.4, -0.2) is 15.0 Å². The number of hydrogen-bond donors (Lipinski definition) is 1. The summed E-state index contributed by atoms with van der Waals surface area (Å²) in [5, 5.41) is 0. The van der Waals surface area contributed by atoms with Gasteiger partial charge in [-0.25, -0.2) is 4.98 Å². The molecule has 1 aromatic carbocycles. The van der Waals surface area contributed by atoms with Gasteiger partial charge < -0.3 is 10.5 Å². The molecular weight excluding hydrogens is 252 g/mol. The largest absolute Gasteiger partial charge is 0.437 e. The summed E-state index contributed by atoms with van der Waals surface area (Å²) < 4.78 is 5.63. The number of ether oxygens (including phenoxy) is 1. The molecule has 3 aromatic rings. The first kappa shape index (κ1) is 12.1. The highest BCUT2D eigenvalue weighted by Gasteiger charge is 2.06. The molecule has 98 valence electrons. The number of anilines is 1. The molecule has 0 atom stereocenters. The van der Waals surface area contributed by atoms with Crippen LogP contribution in [0.3, 0.4) is 0 Å². The van der Waals surface area contributed by atoms with Crippen LogP contribution in [-0.2, 0) is 0 Å². The molecule has 5 heteroatoms. The Labute approximate surface area is 116 Å². The van der Waals surface area contributed by atoms with Gasteiger partial charge in [-0.3, -0.25) is 4.98 Å². The Bertz CT molecular complexity index is 702. The molecule has 2 N–H and O–H groups in total. The molecule has 5 nitrogen and oxygen atoms in total. The second-order valence-corrected chi connectivity index (χ2v) is 4.11. The van der Waals surface area contributed by atoms with E-state index in [1.807, 2.05) is 30.3 Å². The van der Waals surface area contributed by atoms with E-state index in [2.05, 4.69) is 15.0 Å². The monoisotopic (exact) mass is 264 g/mol. The van der Waals surface area contributed by atoms with Crippen molar-refractivity contribution in [2.45, 2.75) is 0 Å². The zero-order chi connectivity index (χ0) is 13.8. The average Bonchev–Trinajstić information content (AvgIpc) is 2.49. The molecule has 20 heavy (non-hydrogen) atoms. The molecule has 0 aliphatic carbocycles. The number of nitrogen functional groups attached to an aromatic ring is 1. The predicted octanol–water partition coefficient (Wildman–Crippen LogP) is 2.91. The standard InChI is InChI=1S/C15H12N4O/c16-13-9-14(20-12-7-4-8-17-10-12)19-15(18-13)11-5-2-1-3-6-11/h1-10H,(H2,16,18,19). The van der Waals surface area contributed by atoms with Crippen LogP contribution >= 0.6 is 0 Å². The van der Waals surface area contributed by atoms with E-state index in [4.69, 9.17) is 10.5 Å².